The van der Waals surface area contributed by atoms with Crippen LogP contribution in [-0.2, 0) is 0 Å². The van der Waals surface area contributed by atoms with Gasteiger partial charge in [0.1, 0.15) is 5.54 Å². The van der Waals surface area contributed by atoms with Crippen molar-refractivity contribution >= 4 is 16.9 Å². The molecule has 0 aromatic carbocycles. The second kappa shape index (κ2) is 3.05. The van der Waals surface area contributed by atoms with Crippen LogP contribution >= 0.6 is 11.8 Å². The summed E-state index contributed by atoms with van der Waals surface area (Å²) in [6.45, 7) is 2.57. The van der Waals surface area contributed by atoms with Crippen molar-refractivity contribution in [3.63, 3.8) is 0 Å². The van der Waals surface area contributed by atoms with Crippen LogP contribution in [-0.4, -0.2) is 28.7 Å². The van der Waals surface area contributed by atoms with Crippen molar-refractivity contribution in [3.8, 4) is 0 Å². The summed E-state index contributed by atoms with van der Waals surface area (Å²) in [5.41, 5.74) is -1.66. The molecule has 0 aromatic heterocycles. The first-order chi connectivity index (χ1) is 6.43. The van der Waals surface area contributed by atoms with Crippen molar-refractivity contribution in [2.45, 2.75) is 36.7 Å². The highest BCUT2D eigenvalue weighted by molar-refractivity contribution is 8.14. The lowest BCUT2D eigenvalue weighted by molar-refractivity contribution is -0.161. The minimum absolute atomic E-state index is 0.171. The molecule has 2 aliphatic rings. The summed E-state index contributed by atoms with van der Waals surface area (Å²) in [6.07, 6.45) is -3.81. The Morgan fingerprint density at radius 2 is 2.14 bits per heavy atom. The van der Waals surface area contributed by atoms with E-state index in [1.54, 1.807) is 0 Å². The highest BCUT2D eigenvalue weighted by atomic mass is 32.2. The van der Waals surface area contributed by atoms with E-state index in [4.69, 9.17) is 0 Å². The number of hydrogen-bond acceptors (Lipinski definition) is 3. The van der Waals surface area contributed by atoms with Crippen LogP contribution in [0.1, 0.15) is 19.8 Å². The molecule has 0 aromatic rings. The Hall–Kier alpha value is -0.390. The topological polar surface area (TPSA) is 24.4 Å². The minimum atomic E-state index is -4.15. The maximum atomic E-state index is 12.5. The molecule has 1 heterocycles. The van der Waals surface area contributed by atoms with Gasteiger partial charge in [0, 0.05) is 5.25 Å². The summed E-state index contributed by atoms with van der Waals surface area (Å²) in [5.74, 6) is 0. The number of nitrogens with one attached hydrogen (secondary N) is 1. The minimum Gasteiger partial charge on any atom is -0.351 e. The average Bonchev–Trinajstić information content (AvgIpc) is 2.71. The molecule has 14 heavy (non-hydrogen) atoms. The fraction of sp³-hybridized carbons (Fsp3) is 0.875. The van der Waals surface area contributed by atoms with Crippen LogP contribution in [0.5, 0.6) is 0 Å². The Labute approximate surface area is 84.3 Å². The lowest BCUT2D eigenvalue weighted by Gasteiger charge is -2.21. The van der Waals surface area contributed by atoms with E-state index >= 15 is 0 Å². The number of amidine groups is 1. The lowest BCUT2D eigenvalue weighted by Crippen LogP contribution is -2.46. The van der Waals surface area contributed by atoms with Crippen LogP contribution in [0.25, 0.3) is 0 Å². The van der Waals surface area contributed by atoms with Gasteiger partial charge in [0.05, 0.1) is 6.54 Å². The van der Waals surface area contributed by atoms with Crippen molar-refractivity contribution in [2.75, 3.05) is 6.54 Å². The zero-order valence-electron chi connectivity index (χ0n) is 7.69. The quantitative estimate of drug-likeness (QED) is 0.738. The van der Waals surface area contributed by atoms with Crippen LogP contribution < -0.4 is 5.32 Å². The number of hydrogen-bond donors (Lipinski definition) is 1. The third-order valence-electron chi connectivity index (χ3n) is 2.44. The van der Waals surface area contributed by atoms with E-state index in [9.17, 15) is 13.2 Å². The first kappa shape index (κ1) is 10.1. The van der Waals surface area contributed by atoms with Gasteiger partial charge in [-0.25, -0.2) is 0 Å². The first-order valence-corrected chi connectivity index (χ1v) is 5.37. The largest absolute Gasteiger partial charge is 0.411 e. The van der Waals surface area contributed by atoms with Gasteiger partial charge in [0.25, 0.3) is 0 Å². The first-order valence-electron chi connectivity index (χ1n) is 4.49. The van der Waals surface area contributed by atoms with E-state index in [-0.39, 0.29) is 12.8 Å². The highest BCUT2D eigenvalue weighted by Crippen LogP contribution is 2.49. The van der Waals surface area contributed by atoms with Gasteiger partial charge in [0.15, 0.2) is 5.17 Å². The summed E-state index contributed by atoms with van der Waals surface area (Å²) in [4.78, 5) is 4.02. The molecule has 0 saturated heterocycles. The fourth-order valence-corrected chi connectivity index (χ4v) is 2.29. The van der Waals surface area contributed by atoms with E-state index in [0.717, 1.165) is 0 Å². The van der Waals surface area contributed by atoms with E-state index in [1.165, 1.54) is 11.8 Å². The molecule has 0 spiro atoms. The van der Waals surface area contributed by atoms with Crippen molar-refractivity contribution < 1.29 is 13.2 Å². The lowest BCUT2D eigenvalue weighted by atomic mass is 10.3. The molecule has 0 bridgehead atoms. The summed E-state index contributed by atoms with van der Waals surface area (Å²) < 4.78 is 37.6. The van der Waals surface area contributed by atoms with E-state index in [0.29, 0.717) is 17.0 Å². The predicted molar refractivity (Wildman–Crippen MR) is 50.5 cm³/mol. The molecule has 1 aliphatic heterocycles. The Kier molecular flexibility index (Phi) is 2.21. The van der Waals surface area contributed by atoms with E-state index in [2.05, 4.69) is 10.3 Å². The van der Waals surface area contributed by atoms with Gasteiger partial charge >= 0.3 is 6.18 Å². The third-order valence-corrected chi connectivity index (χ3v) is 3.45. The number of nitrogens with zero attached hydrogens (tertiary/aromatic N) is 1. The van der Waals surface area contributed by atoms with Gasteiger partial charge in [-0.1, -0.05) is 18.7 Å². The average molecular weight is 224 g/mol. The van der Waals surface area contributed by atoms with Gasteiger partial charge < -0.3 is 5.32 Å². The molecule has 1 N–H and O–H groups in total. The molecule has 1 fully saturated rings. The SMILES string of the molecule is CC1CN=C(NC2(C(F)(F)F)CC2)S1. The van der Waals surface area contributed by atoms with Crippen LogP contribution in [0, 0.1) is 0 Å². The summed E-state index contributed by atoms with van der Waals surface area (Å²) in [7, 11) is 0. The smallest absolute Gasteiger partial charge is 0.351 e. The Balaban J connectivity index is 1.98. The van der Waals surface area contributed by atoms with Crippen LogP contribution in [0.2, 0.25) is 0 Å². The van der Waals surface area contributed by atoms with Crippen LogP contribution in [0.4, 0.5) is 13.2 Å². The molecule has 0 radical (unpaired) electrons. The summed E-state index contributed by atoms with van der Waals surface area (Å²) in [5, 5.41) is 3.27. The van der Waals surface area contributed by atoms with Gasteiger partial charge in [-0.2, -0.15) is 13.2 Å². The number of alkyl halides is 3. The van der Waals surface area contributed by atoms with Crippen molar-refractivity contribution in [1.82, 2.24) is 5.32 Å². The standard InChI is InChI=1S/C8H11F3N2S/c1-5-4-12-6(14-5)13-7(2-3-7)8(9,10)11/h5H,2-4H2,1H3,(H,12,13). The molecule has 2 nitrogen and oxygen atoms in total. The van der Waals surface area contributed by atoms with Gasteiger partial charge in [-0.15, -0.1) is 0 Å². The predicted octanol–water partition coefficient (Wildman–Crippen LogP) is 2.16. The molecule has 6 heteroatoms. The second-order valence-corrected chi connectivity index (χ2v) is 5.21. The monoisotopic (exact) mass is 224 g/mol. The van der Waals surface area contributed by atoms with Crippen molar-refractivity contribution in [1.29, 1.82) is 0 Å². The fourth-order valence-electron chi connectivity index (χ4n) is 1.35. The van der Waals surface area contributed by atoms with Crippen LogP contribution in [0.15, 0.2) is 4.99 Å². The van der Waals surface area contributed by atoms with Gasteiger partial charge in [-0.05, 0) is 12.8 Å². The highest BCUT2D eigenvalue weighted by Gasteiger charge is 2.64. The van der Waals surface area contributed by atoms with E-state index in [1.807, 2.05) is 6.92 Å². The molecule has 1 unspecified atom stereocenters. The van der Waals surface area contributed by atoms with Crippen LogP contribution in [0.3, 0.4) is 0 Å². The maximum Gasteiger partial charge on any atom is 0.411 e. The van der Waals surface area contributed by atoms with Crippen molar-refractivity contribution in [3.05, 3.63) is 0 Å². The molecule has 2 rings (SSSR count). The van der Waals surface area contributed by atoms with Gasteiger partial charge in [-0.3, -0.25) is 4.99 Å². The third kappa shape index (κ3) is 1.71. The Morgan fingerprint density at radius 1 is 1.50 bits per heavy atom. The Bertz CT molecular complexity index is 270. The second-order valence-electron chi connectivity index (χ2n) is 3.78. The number of halogens is 3. The van der Waals surface area contributed by atoms with E-state index < -0.39 is 11.7 Å². The molecule has 1 saturated carbocycles. The van der Waals surface area contributed by atoms with Crippen molar-refractivity contribution in [2.24, 2.45) is 4.99 Å². The van der Waals surface area contributed by atoms with Gasteiger partial charge in [0.2, 0.25) is 0 Å². The molecule has 1 aliphatic carbocycles. The molecular weight excluding hydrogens is 213 g/mol. The number of thioether (sulfide) groups is 1. The summed E-state index contributed by atoms with van der Waals surface area (Å²) in [6, 6.07) is 0. The Morgan fingerprint density at radius 3 is 2.50 bits per heavy atom. The zero-order chi connectivity index (χ0) is 10.4. The summed E-state index contributed by atoms with van der Waals surface area (Å²) >= 11 is 1.39. The number of aliphatic imine (C=N–C) groups is 1. The molecule has 80 valence electrons. The zero-order valence-corrected chi connectivity index (χ0v) is 8.50. The number of rotatable bonds is 1. The normalized spacial score (nSPS) is 30.0. The molecule has 1 atom stereocenters. The molecule has 0 amide bonds. The molecular formula is C8H11F3N2S. The maximum absolute atomic E-state index is 12.5.